The van der Waals surface area contributed by atoms with Crippen molar-refractivity contribution in [3.05, 3.63) is 47.4 Å². The third kappa shape index (κ3) is 3.08. The predicted molar refractivity (Wildman–Crippen MR) is 75.6 cm³/mol. The molecule has 19 heavy (non-hydrogen) atoms. The maximum atomic E-state index is 13.2. The second-order valence-corrected chi connectivity index (χ2v) is 4.67. The summed E-state index contributed by atoms with van der Waals surface area (Å²) in [5.74, 6) is 0.904. The third-order valence-corrected chi connectivity index (χ3v) is 2.85. The maximum absolute atomic E-state index is 13.2. The van der Waals surface area contributed by atoms with Gasteiger partial charge in [-0.3, -0.25) is 0 Å². The molecule has 0 aliphatic rings. The van der Waals surface area contributed by atoms with Crippen LogP contribution in [0, 0.1) is 12.7 Å². The zero-order chi connectivity index (χ0) is 14.0. The molecule has 0 aliphatic carbocycles. The van der Waals surface area contributed by atoms with Crippen molar-refractivity contribution in [1.29, 1.82) is 0 Å². The highest BCUT2D eigenvalue weighted by Crippen LogP contribution is 2.23. The molecular formula is C13H14FN3OS. The van der Waals surface area contributed by atoms with E-state index >= 15 is 0 Å². The first kappa shape index (κ1) is 13.5. The van der Waals surface area contributed by atoms with E-state index in [2.05, 4.69) is 10.3 Å². The van der Waals surface area contributed by atoms with Crippen molar-refractivity contribution in [2.75, 3.05) is 5.32 Å². The van der Waals surface area contributed by atoms with Crippen molar-refractivity contribution in [1.82, 2.24) is 4.98 Å². The minimum Gasteiger partial charge on any atom is -0.444 e. The highest BCUT2D eigenvalue weighted by molar-refractivity contribution is 7.80. The molecule has 6 heteroatoms. The van der Waals surface area contributed by atoms with Crippen molar-refractivity contribution < 1.29 is 8.81 Å². The van der Waals surface area contributed by atoms with Crippen LogP contribution in [0.3, 0.4) is 0 Å². The van der Waals surface area contributed by atoms with E-state index in [1.165, 1.54) is 12.1 Å². The minimum atomic E-state index is -0.382. The van der Waals surface area contributed by atoms with Crippen LogP contribution < -0.4 is 11.1 Å². The summed E-state index contributed by atoms with van der Waals surface area (Å²) in [4.78, 5) is 4.27. The molecule has 0 spiro atoms. The number of nitrogens with one attached hydrogen (secondary N) is 1. The molecule has 4 nitrogen and oxygen atoms in total. The zero-order valence-electron chi connectivity index (χ0n) is 10.6. The smallest absolute Gasteiger partial charge is 0.216 e. The van der Waals surface area contributed by atoms with Crippen molar-refractivity contribution in [3.63, 3.8) is 0 Å². The minimum absolute atomic E-state index is 0.137. The summed E-state index contributed by atoms with van der Waals surface area (Å²) in [6, 6.07) is 4.07. The molecule has 3 N–H and O–H groups in total. The van der Waals surface area contributed by atoms with Gasteiger partial charge in [-0.25, -0.2) is 9.37 Å². The molecule has 2 aromatic rings. The van der Waals surface area contributed by atoms with Crippen LogP contribution in [0.2, 0.25) is 0 Å². The summed E-state index contributed by atoms with van der Waals surface area (Å²) in [6.45, 7) is 3.71. The number of aromatic nitrogens is 1. The summed E-state index contributed by atoms with van der Waals surface area (Å²) in [6.07, 6.45) is 1.65. The first-order valence-electron chi connectivity index (χ1n) is 5.75. The Morgan fingerprint density at radius 2 is 2.26 bits per heavy atom. The number of rotatable bonds is 4. The van der Waals surface area contributed by atoms with Crippen LogP contribution >= 0.6 is 12.2 Å². The molecule has 1 aromatic carbocycles. The fraction of sp³-hybridized carbons (Fsp3) is 0.231. The number of aryl methyl sites for hydroxylation is 1. The Bertz CT molecular complexity index is 612. The summed E-state index contributed by atoms with van der Waals surface area (Å²) in [7, 11) is 0. The van der Waals surface area contributed by atoms with Gasteiger partial charge in [0.2, 0.25) is 5.89 Å². The van der Waals surface area contributed by atoms with E-state index in [-0.39, 0.29) is 16.8 Å². The van der Waals surface area contributed by atoms with Crippen LogP contribution in [0.4, 0.5) is 10.1 Å². The van der Waals surface area contributed by atoms with Crippen LogP contribution in [0.25, 0.3) is 0 Å². The number of hydrogen-bond acceptors (Lipinski definition) is 4. The Hall–Kier alpha value is -1.95. The largest absolute Gasteiger partial charge is 0.444 e. The molecule has 100 valence electrons. The van der Waals surface area contributed by atoms with E-state index in [0.717, 1.165) is 5.76 Å². The maximum Gasteiger partial charge on any atom is 0.216 e. The summed E-state index contributed by atoms with van der Waals surface area (Å²) in [5, 5.41) is 3.16. The number of hydrogen-bond donors (Lipinski definition) is 2. The van der Waals surface area contributed by atoms with Crippen LogP contribution in [0.5, 0.6) is 0 Å². The lowest BCUT2D eigenvalue weighted by Crippen LogP contribution is -2.15. The molecule has 0 bridgehead atoms. The Balaban J connectivity index is 2.26. The first-order valence-corrected chi connectivity index (χ1v) is 6.16. The number of halogens is 1. The van der Waals surface area contributed by atoms with E-state index < -0.39 is 0 Å². The highest BCUT2D eigenvalue weighted by Gasteiger charge is 2.14. The standard InChI is InChI=1S/C13H14FN3OS/c1-7-6-16-13(18-7)8(2)17-11-4-3-9(14)5-10(11)12(15)19/h3-6,8,17H,1-2H3,(H2,15,19). The number of benzene rings is 1. The molecule has 1 atom stereocenters. The van der Waals surface area contributed by atoms with E-state index in [4.69, 9.17) is 22.4 Å². The second kappa shape index (κ2) is 5.36. The van der Waals surface area contributed by atoms with Gasteiger partial charge in [-0.2, -0.15) is 0 Å². The Morgan fingerprint density at radius 3 is 2.84 bits per heavy atom. The molecule has 0 aliphatic heterocycles. The summed E-state index contributed by atoms with van der Waals surface area (Å²) >= 11 is 4.91. The lowest BCUT2D eigenvalue weighted by Gasteiger charge is -2.15. The normalized spacial score (nSPS) is 12.2. The van der Waals surface area contributed by atoms with Crippen LogP contribution in [-0.4, -0.2) is 9.97 Å². The van der Waals surface area contributed by atoms with Crippen molar-refractivity contribution in [3.8, 4) is 0 Å². The van der Waals surface area contributed by atoms with Gasteiger partial charge in [-0.15, -0.1) is 0 Å². The van der Waals surface area contributed by atoms with Crippen LogP contribution in [0.1, 0.15) is 30.2 Å². The van der Waals surface area contributed by atoms with E-state index in [0.29, 0.717) is 17.1 Å². The van der Waals surface area contributed by atoms with Crippen molar-refractivity contribution in [2.24, 2.45) is 5.73 Å². The van der Waals surface area contributed by atoms with Gasteiger partial charge in [0.05, 0.1) is 6.20 Å². The number of anilines is 1. The van der Waals surface area contributed by atoms with Gasteiger partial charge < -0.3 is 15.5 Å². The van der Waals surface area contributed by atoms with Crippen molar-refractivity contribution >= 4 is 22.9 Å². The number of nitrogens with zero attached hydrogens (tertiary/aromatic N) is 1. The summed E-state index contributed by atoms with van der Waals surface area (Å²) < 4.78 is 18.6. The Morgan fingerprint density at radius 1 is 1.53 bits per heavy atom. The van der Waals surface area contributed by atoms with Gasteiger partial charge in [0.15, 0.2) is 0 Å². The van der Waals surface area contributed by atoms with Gasteiger partial charge in [0.25, 0.3) is 0 Å². The topological polar surface area (TPSA) is 64.1 Å². The lowest BCUT2D eigenvalue weighted by atomic mass is 10.1. The fourth-order valence-electron chi connectivity index (χ4n) is 1.71. The van der Waals surface area contributed by atoms with Crippen LogP contribution in [-0.2, 0) is 0 Å². The SMILES string of the molecule is Cc1cnc(C(C)Nc2ccc(F)cc2C(N)=S)o1. The zero-order valence-corrected chi connectivity index (χ0v) is 11.4. The van der Waals surface area contributed by atoms with Crippen molar-refractivity contribution in [2.45, 2.75) is 19.9 Å². The number of oxazole rings is 1. The Labute approximate surface area is 115 Å². The molecule has 0 amide bonds. The van der Waals surface area contributed by atoms with Crippen LogP contribution in [0.15, 0.2) is 28.8 Å². The Kier molecular flexibility index (Phi) is 3.80. The fourth-order valence-corrected chi connectivity index (χ4v) is 1.88. The van der Waals surface area contributed by atoms with Gasteiger partial charge in [0.1, 0.15) is 22.6 Å². The van der Waals surface area contributed by atoms with E-state index in [9.17, 15) is 4.39 Å². The lowest BCUT2D eigenvalue weighted by molar-refractivity contribution is 0.453. The predicted octanol–water partition coefficient (Wildman–Crippen LogP) is 2.93. The molecule has 0 fully saturated rings. The van der Waals surface area contributed by atoms with Gasteiger partial charge in [-0.1, -0.05) is 12.2 Å². The van der Waals surface area contributed by atoms with Gasteiger partial charge in [0, 0.05) is 11.3 Å². The molecule has 0 saturated carbocycles. The van der Waals surface area contributed by atoms with E-state index in [1.54, 1.807) is 12.3 Å². The third-order valence-electron chi connectivity index (χ3n) is 2.63. The monoisotopic (exact) mass is 279 g/mol. The molecule has 1 unspecified atom stereocenters. The van der Waals surface area contributed by atoms with E-state index in [1.807, 2.05) is 13.8 Å². The number of nitrogens with two attached hydrogens (primary N) is 1. The second-order valence-electron chi connectivity index (χ2n) is 4.23. The average molecular weight is 279 g/mol. The van der Waals surface area contributed by atoms with Gasteiger partial charge in [-0.05, 0) is 32.0 Å². The number of thiocarbonyl (C=S) groups is 1. The highest BCUT2D eigenvalue weighted by atomic mass is 32.1. The molecule has 2 rings (SSSR count). The van der Waals surface area contributed by atoms with Gasteiger partial charge >= 0.3 is 0 Å². The molecule has 1 aromatic heterocycles. The molecule has 0 radical (unpaired) electrons. The quantitative estimate of drug-likeness (QED) is 0.842. The first-order chi connectivity index (χ1) is 8.97. The average Bonchev–Trinajstić information content (AvgIpc) is 2.78. The molecule has 1 heterocycles. The summed E-state index contributed by atoms with van der Waals surface area (Å²) in [5.41, 5.74) is 6.70. The molecule has 0 saturated heterocycles. The molecular weight excluding hydrogens is 265 g/mol.